The van der Waals surface area contributed by atoms with Crippen LogP contribution in [-0.2, 0) is 0 Å². The largest absolute Gasteiger partial charge is 0.494 e. The molecule has 1 aromatic heterocycles. The lowest BCUT2D eigenvalue weighted by molar-refractivity contribution is 0.0939. The molecule has 2 aromatic rings. The predicted molar refractivity (Wildman–Crippen MR) is 89.8 cm³/mol. The molecule has 1 N–H and O–H groups in total. The van der Waals surface area contributed by atoms with Crippen LogP contribution in [0.25, 0.3) is 0 Å². The summed E-state index contributed by atoms with van der Waals surface area (Å²) in [7, 11) is 3.93. The highest BCUT2D eigenvalue weighted by Crippen LogP contribution is 2.20. The molecule has 1 heterocycles. The number of carbonyl (C=O) groups excluding carboxylic acids is 1. The van der Waals surface area contributed by atoms with Gasteiger partial charge in [-0.1, -0.05) is 0 Å². The smallest absolute Gasteiger partial charge is 0.251 e. The van der Waals surface area contributed by atoms with E-state index in [2.05, 4.69) is 5.32 Å². The summed E-state index contributed by atoms with van der Waals surface area (Å²) in [6, 6.07) is 11.0. The fraction of sp³-hybridized carbons (Fsp3) is 0.389. The van der Waals surface area contributed by atoms with Gasteiger partial charge in [-0.15, -0.1) is 0 Å². The van der Waals surface area contributed by atoms with E-state index in [4.69, 9.17) is 9.15 Å². The molecule has 0 aliphatic carbocycles. The Bertz CT molecular complexity index is 632. The molecule has 0 aliphatic rings. The van der Waals surface area contributed by atoms with Crippen LogP contribution in [0.5, 0.6) is 5.75 Å². The summed E-state index contributed by atoms with van der Waals surface area (Å²) in [6.45, 7) is 4.93. The van der Waals surface area contributed by atoms with E-state index in [-0.39, 0.29) is 11.9 Å². The maximum atomic E-state index is 12.3. The van der Waals surface area contributed by atoms with Crippen molar-refractivity contribution in [2.75, 3.05) is 27.2 Å². The third-order valence-electron chi connectivity index (χ3n) is 3.60. The van der Waals surface area contributed by atoms with E-state index >= 15 is 0 Å². The first-order valence-electron chi connectivity index (χ1n) is 7.75. The number of likely N-dealkylation sites (N-methyl/N-ethyl adjacent to an activating group) is 1. The van der Waals surface area contributed by atoms with Crippen LogP contribution in [0.2, 0.25) is 0 Å². The van der Waals surface area contributed by atoms with Crippen molar-refractivity contribution in [1.29, 1.82) is 0 Å². The van der Waals surface area contributed by atoms with E-state index in [9.17, 15) is 4.79 Å². The fourth-order valence-corrected chi connectivity index (χ4v) is 2.33. The van der Waals surface area contributed by atoms with Crippen LogP contribution in [0.3, 0.4) is 0 Å². The summed E-state index contributed by atoms with van der Waals surface area (Å²) in [5, 5.41) is 2.96. The van der Waals surface area contributed by atoms with Crippen LogP contribution in [0.4, 0.5) is 0 Å². The first kappa shape index (κ1) is 17.1. The van der Waals surface area contributed by atoms with Gasteiger partial charge in [-0.3, -0.25) is 9.69 Å². The average molecular weight is 316 g/mol. The number of benzene rings is 1. The zero-order valence-electron chi connectivity index (χ0n) is 14.1. The Hall–Kier alpha value is -2.27. The third-order valence-corrected chi connectivity index (χ3v) is 3.60. The van der Waals surface area contributed by atoms with E-state index in [0.29, 0.717) is 18.7 Å². The minimum absolute atomic E-state index is 0.00431. The van der Waals surface area contributed by atoms with Crippen molar-refractivity contribution in [3.63, 3.8) is 0 Å². The summed E-state index contributed by atoms with van der Waals surface area (Å²) in [5.41, 5.74) is 0.613. The molecule has 5 nitrogen and oxygen atoms in total. The van der Waals surface area contributed by atoms with Crippen molar-refractivity contribution in [2.45, 2.75) is 19.9 Å². The number of aryl methyl sites for hydroxylation is 1. The number of hydrogen-bond donors (Lipinski definition) is 1. The molecule has 0 radical (unpaired) electrons. The van der Waals surface area contributed by atoms with Gasteiger partial charge < -0.3 is 14.5 Å². The van der Waals surface area contributed by atoms with Gasteiger partial charge in [-0.2, -0.15) is 0 Å². The molecule has 1 amide bonds. The molecule has 0 fully saturated rings. The molecule has 1 aromatic carbocycles. The van der Waals surface area contributed by atoms with Crippen molar-refractivity contribution in [3.8, 4) is 5.75 Å². The van der Waals surface area contributed by atoms with Crippen molar-refractivity contribution >= 4 is 5.91 Å². The molecule has 0 unspecified atom stereocenters. The van der Waals surface area contributed by atoms with Gasteiger partial charge in [0.05, 0.1) is 12.6 Å². The van der Waals surface area contributed by atoms with Gasteiger partial charge in [0.25, 0.3) is 5.91 Å². The number of carbonyl (C=O) groups is 1. The summed E-state index contributed by atoms with van der Waals surface area (Å²) in [5.74, 6) is 2.37. The van der Waals surface area contributed by atoms with E-state index in [1.807, 2.05) is 45.0 Å². The van der Waals surface area contributed by atoms with Gasteiger partial charge in [0.15, 0.2) is 0 Å². The second-order valence-electron chi connectivity index (χ2n) is 5.60. The molecule has 5 heteroatoms. The van der Waals surface area contributed by atoms with Gasteiger partial charge in [0.1, 0.15) is 17.3 Å². The van der Waals surface area contributed by atoms with Crippen LogP contribution in [-0.4, -0.2) is 38.1 Å². The lowest BCUT2D eigenvalue weighted by atomic mass is 10.1. The SMILES string of the molecule is CCOc1ccc(C(=O)NC[C@@H](c2ccc(C)o2)N(C)C)cc1. The molecule has 1 atom stereocenters. The van der Waals surface area contributed by atoms with E-state index in [0.717, 1.165) is 17.3 Å². The maximum Gasteiger partial charge on any atom is 0.251 e. The third kappa shape index (κ3) is 4.60. The molecule has 0 aliphatic heterocycles. The van der Waals surface area contributed by atoms with Crippen LogP contribution >= 0.6 is 0 Å². The fourth-order valence-electron chi connectivity index (χ4n) is 2.33. The number of rotatable bonds is 7. The van der Waals surface area contributed by atoms with Crippen LogP contribution < -0.4 is 10.1 Å². The Morgan fingerprint density at radius 3 is 2.43 bits per heavy atom. The van der Waals surface area contributed by atoms with E-state index in [1.54, 1.807) is 24.3 Å². The number of furan rings is 1. The Morgan fingerprint density at radius 2 is 1.91 bits per heavy atom. The molecular weight excluding hydrogens is 292 g/mol. The molecule has 0 saturated heterocycles. The second kappa shape index (κ2) is 7.83. The van der Waals surface area contributed by atoms with Crippen molar-refractivity contribution < 1.29 is 13.9 Å². The molecule has 0 saturated carbocycles. The maximum absolute atomic E-state index is 12.3. The number of nitrogens with zero attached hydrogens (tertiary/aromatic N) is 1. The molecule has 0 spiro atoms. The topological polar surface area (TPSA) is 54.7 Å². The quantitative estimate of drug-likeness (QED) is 0.853. The van der Waals surface area contributed by atoms with Crippen LogP contribution in [0.1, 0.15) is 34.8 Å². The predicted octanol–water partition coefficient (Wildman–Crippen LogP) is 3.02. The monoisotopic (exact) mass is 316 g/mol. The Kier molecular flexibility index (Phi) is 5.82. The zero-order valence-corrected chi connectivity index (χ0v) is 14.1. The molecule has 23 heavy (non-hydrogen) atoms. The molecule has 2 rings (SSSR count). The highest BCUT2D eigenvalue weighted by atomic mass is 16.5. The summed E-state index contributed by atoms with van der Waals surface area (Å²) < 4.78 is 11.1. The minimum Gasteiger partial charge on any atom is -0.494 e. The second-order valence-corrected chi connectivity index (χ2v) is 5.60. The Morgan fingerprint density at radius 1 is 1.22 bits per heavy atom. The molecule has 124 valence electrons. The van der Waals surface area contributed by atoms with Gasteiger partial charge >= 0.3 is 0 Å². The standard InChI is InChI=1S/C18H24N2O3/c1-5-22-15-9-7-14(8-10-15)18(21)19-12-16(20(3)4)17-11-6-13(2)23-17/h6-11,16H,5,12H2,1-4H3,(H,19,21)/t16-/m0/s1. The van der Waals surface area contributed by atoms with Gasteiger partial charge in [-0.05, 0) is 64.3 Å². The lowest BCUT2D eigenvalue weighted by Crippen LogP contribution is -2.34. The number of ether oxygens (including phenoxy) is 1. The highest BCUT2D eigenvalue weighted by Gasteiger charge is 2.19. The lowest BCUT2D eigenvalue weighted by Gasteiger charge is -2.22. The van der Waals surface area contributed by atoms with Crippen molar-refractivity contribution in [3.05, 3.63) is 53.5 Å². The average Bonchev–Trinajstić information content (AvgIpc) is 2.94. The highest BCUT2D eigenvalue weighted by molar-refractivity contribution is 5.94. The summed E-state index contributed by atoms with van der Waals surface area (Å²) in [4.78, 5) is 14.3. The van der Waals surface area contributed by atoms with Crippen LogP contribution in [0, 0.1) is 6.92 Å². The van der Waals surface area contributed by atoms with Crippen molar-refractivity contribution in [1.82, 2.24) is 10.2 Å². The number of nitrogens with one attached hydrogen (secondary N) is 1. The summed E-state index contributed by atoms with van der Waals surface area (Å²) in [6.07, 6.45) is 0. The first-order chi connectivity index (χ1) is 11.0. The molecular formula is C18H24N2O3. The van der Waals surface area contributed by atoms with Gasteiger partial charge in [-0.25, -0.2) is 0 Å². The van der Waals surface area contributed by atoms with E-state index < -0.39 is 0 Å². The first-order valence-corrected chi connectivity index (χ1v) is 7.75. The van der Waals surface area contributed by atoms with Gasteiger partial charge in [0, 0.05) is 12.1 Å². The zero-order chi connectivity index (χ0) is 16.8. The van der Waals surface area contributed by atoms with Crippen LogP contribution in [0.15, 0.2) is 40.8 Å². The summed E-state index contributed by atoms with van der Waals surface area (Å²) >= 11 is 0. The molecule has 0 bridgehead atoms. The van der Waals surface area contributed by atoms with Gasteiger partial charge in [0.2, 0.25) is 0 Å². The Balaban J connectivity index is 1.98. The number of amides is 1. The normalized spacial score (nSPS) is 12.2. The van der Waals surface area contributed by atoms with E-state index in [1.165, 1.54) is 0 Å². The Labute approximate surface area is 137 Å². The number of hydrogen-bond acceptors (Lipinski definition) is 4. The van der Waals surface area contributed by atoms with Crippen molar-refractivity contribution in [2.24, 2.45) is 0 Å². The minimum atomic E-state index is -0.108.